The number of fused-ring (bicyclic) bond motifs is 3. The largest absolute Gasteiger partial charge is 0.465 e. The number of ether oxygens (including phenoxy) is 1. The lowest BCUT2D eigenvalue weighted by atomic mass is 9.98. The van der Waals surface area contributed by atoms with Crippen LogP contribution in [0, 0.1) is 11.3 Å². The van der Waals surface area contributed by atoms with E-state index in [-0.39, 0.29) is 29.6 Å². The van der Waals surface area contributed by atoms with E-state index >= 15 is 0 Å². The number of hydrogen-bond acceptors (Lipinski definition) is 5. The molecule has 3 aromatic carbocycles. The summed E-state index contributed by atoms with van der Waals surface area (Å²) in [6.07, 6.45) is 6.88. The van der Waals surface area contributed by atoms with Gasteiger partial charge in [-0.1, -0.05) is 54.6 Å². The topological polar surface area (TPSA) is 127 Å². The van der Waals surface area contributed by atoms with E-state index < -0.39 is 11.7 Å². The number of carboxylic acid groups (broad SMARTS) is 1. The van der Waals surface area contributed by atoms with Crippen molar-refractivity contribution in [2.75, 3.05) is 6.54 Å². The molecule has 4 aliphatic rings. The molecular formula is C40H42N6O4. The summed E-state index contributed by atoms with van der Waals surface area (Å²) in [4.78, 5) is 45.2. The maximum atomic E-state index is 13.1. The Hall–Kier alpha value is -5.12. The lowest BCUT2D eigenvalue weighted by molar-refractivity contribution is 0.0212. The zero-order chi connectivity index (χ0) is 34.4. The van der Waals surface area contributed by atoms with E-state index in [1.807, 2.05) is 37.9 Å². The van der Waals surface area contributed by atoms with E-state index in [1.54, 1.807) is 4.90 Å². The van der Waals surface area contributed by atoms with Crippen molar-refractivity contribution in [2.45, 2.75) is 83.0 Å². The van der Waals surface area contributed by atoms with E-state index in [1.165, 1.54) is 0 Å². The molecule has 256 valence electrons. The van der Waals surface area contributed by atoms with Crippen molar-refractivity contribution in [3.63, 3.8) is 0 Å². The van der Waals surface area contributed by atoms with Crippen molar-refractivity contribution in [3.8, 4) is 33.5 Å². The summed E-state index contributed by atoms with van der Waals surface area (Å²) in [5.41, 5.74) is 7.82. The molecule has 2 aromatic heterocycles. The third-order valence-electron chi connectivity index (χ3n) is 11.3. The second-order valence-corrected chi connectivity index (χ2v) is 15.9. The number of likely N-dealkylation sites (tertiary alicyclic amines) is 2. The van der Waals surface area contributed by atoms with Gasteiger partial charge in [0.15, 0.2) is 0 Å². The molecule has 2 saturated carbocycles. The molecule has 5 aromatic rings. The van der Waals surface area contributed by atoms with Gasteiger partial charge in [0, 0.05) is 12.6 Å². The van der Waals surface area contributed by atoms with Crippen LogP contribution in [0.15, 0.2) is 72.9 Å². The Morgan fingerprint density at radius 2 is 1.54 bits per heavy atom. The van der Waals surface area contributed by atoms with Crippen LogP contribution in [0.4, 0.5) is 9.59 Å². The highest BCUT2D eigenvalue weighted by molar-refractivity contribution is 5.83. The molecule has 9 rings (SSSR count). The maximum absolute atomic E-state index is 13.1. The van der Waals surface area contributed by atoms with Gasteiger partial charge in [-0.3, -0.25) is 9.80 Å². The number of rotatable bonds is 5. The molecular weight excluding hydrogens is 628 g/mol. The van der Waals surface area contributed by atoms with Gasteiger partial charge in [0.2, 0.25) is 0 Å². The number of imidazole rings is 2. The number of carbonyl (C=O) groups excluding carboxylic acids is 1. The van der Waals surface area contributed by atoms with Crippen molar-refractivity contribution in [1.29, 1.82) is 0 Å². The maximum Gasteiger partial charge on any atom is 0.410 e. The summed E-state index contributed by atoms with van der Waals surface area (Å²) in [5, 5.41) is 9.87. The summed E-state index contributed by atoms with van der Waals surface area (Å²) < 4.78 is 5.75. The van der Waals surface area contributed by atoms with Crippen molar-refractivity contribution in [2.24, 2.45) is 11.3 Å². The molecule has 2 bridgehead atoms. The Balaban J connectivity index is 0.900. The number of carbonyl (C=O) groups is 2. The average Bonchev–Trinajstić information content (AvgIpc) is 3.68. The Labute approximate surface area is 290 Å². The number of benzene rings is 3. The number of hydrogen-bond donors (Lipinski definition) is 3. The fourth-order valence-electron chi connectivity index (χ4n) is 8.67. The number of aromatic amines is 2. The molecule has 2 aliphatic heterocycles. The van der Waals surface area contributed by atoms with Crippen molar-refractivity contribution in [3.05, 3.63) is 84.6 Å². The number of aromatic nitrogens is 4. The number of piperidine rings is 1. The van der Waals surface area contributed by atoms with Crippen LogP contribution in [0.1, 0.15) is 83.0 Å². The Bertz CT molecular complexity index is 2110. The van der Waals surface area contributed by atoms with E-state index in [4.69, 9.17) is 14.7 Å². The van der Waals surface area contributed by atoms with Crippen LogP contribution in [0.3, 0.4) is 0 Å². The molecule has 4 heterocycles. The third kappa shape index (κ3) is 5.41. The third-order valence-corrected chi connectivity index (χ3v) is 11.3. The zero-order valence-electron chi connectivity index (χ0n) is 28.6. The molecule has 2 amide bonds. The molecule has 4 atom stereocenters. The smallest absolute Gasteiger partial charge is 0.410 e. The first kappa shape index (κ1) is 30.9. The highest BCUT2D eigenvalue weighted by Gasteiger charge is 2.55. The lowest BCUT2D eigenvalue weighted by Crippen LogP contribution is -2.39. The highest BCUT2D eigenvalue weighted by atomic mass is 16.6. The van der Waals surface area contributed by atoms with Crippen LogP contribution in [0.5, 0.6) is 0 Å². The molecule has 50 heavy (non-hydrogen) atoms. The SMILES string of the molecule is CC(C)(C)OC(=O)N1CC2(CC2)CC1c1ncc(-c2ccc(-c3ccc(-c4ccc5nc(C6C7CCC(C7)N6C(=O)O)[nH]c5c4)cc3)cc2)[nH]1. The Morgan fingerprint density at radius 1 is 0.880 bits per heavy atom. The van der Waals surface area contributed by atoms with Gasteiger partial charge in [-0.05, 0) is 111 Å². The van der Waals surface area contributed by atoms with Gasteiger partial charge in [-0.25, -0.2) is 19.6 Å². The quantitative estimate of drug-likeness (QED) is 0.171. The van der Waals surface area contributed by atoms with Gasteiger partial charge in [-0.2, -0.15) is 0 Å². The van der Waals surface area contributed by atoms with Crippen LogP contribution < -0.4 is 0 Å². The summed E-state index contributed by atoms with van der Waals surface area (Å²) in [7, 11) is 0. The number of H-pyrrole nitrogens is 2. The van der Waals surface area contributed by atoms with Gasteiger partial charge < -0.3 is 19.8 Å². The number of nitrogens with one attached hydrogen (secondary N) is 2. The van der Waals surface area contributed by atoms with Crippen molar-refractivity contribution >= 4 is 23.2 Å². The Kier molecular flexibility index (Phi) is 6.92. The molecule has 1 spiro atoms. The summed E-state index contributed by atoms with van der Waals surface area (Å²) in [6.45, 7) is 6.44. The minimum atomic E-state index is -0.854. The fourth-order valence-corrected chi connectivity index (χ4v) is 8.67. The zero-order valence-corrected chi connectivity index (χ0v) is 28.6. The summed E-state index contributed by atoms with van der Waals surface area (Å²) in [6, 6.07) is 23.0. The van der Waals surface area contributed by atoms with Crippen LogP contribution in [0.25, 0.3) is 44.5 Å². The van der Waals surface area contributed by atoms with Crippen LogP contribution in [-0.2, 0) is 4.74 Å². The second-order valence-electron chi connectivity index (χ2n) is 15.9. The van der Waals surface area contributed by atoms with Gasteiger partial charge in [0.1, 0.15) is 17.2 Å². The molecule has 0 radical (unpaired) electrons. The highest BCUT2D eigenvalue weighted by Crippen LogP contribution is 2.58. The first-order chi connectivity index (χ1) is 24.0. The normalized spacial score (nSPS) is 23.7. The molecule has 10 nitrogen and oxygen atoms in total. The minimum absolute atomic E-state index is 0.106. The van der Waals surface area contributed by atoms with Crippen LogP contribution in [-0.4, -0.2) is 65.2 Å². The molecule has 10 heteroatoms. The Morgan fingerprint density at radius 3 is 2.20 bits per heavy atom. The van der Waals surface area contributed by atoms with Crippen molar-refractivity contribution in [1.82, 2.24) is 29.7 Å². The fraction of sp³-hybridized carbons (Fsp3) is 0.400. The summed E-state index contributed by atoms with van der Waals surface area (Å²) in [5.74, 6) is 1.90. The van der Waals surface area contributed by atoms with Gasteiger partial charge in [0.25, 0.3) is 0 Å². The van der Waals surface area contributed by atoms with Gasteiger partial charge in [-0.15, -0.1) is 0 Å². The second kappa shape index (κ2) is 11.2. The first-order valence-corrected chi connectivity index (χ1v) is 17.8. The molecule has 3 N–H and O–H groups in total. The molecule has 2 aliphatic carbocycles. The standard InChI is InChI=1S/C40H42N6O4/c1-39(2,3)50-38(49)45-22-40(16-17-40)20-33(45)35-41-21-32(44-35)26-10-8-24(9-11-26)23-4-6-25(7-5-23)27-13-15-30-31(19-27)43-36(42-30)34-28-12-14-29(18-28)46(34)37(47)48/h4-11,13,15,19,21,28-29,33-34H,12,14,16-18,20,22H2,1-3H3,(H,41,44)(H,42,43)(H,47,48). The predicted molar refractivity (Wildman–Crippen MR) is 190 cm³/mol. The number of amides is 2. The van der Waals surface area contributed by atoms with E-state index in [0.717, 1.165) is 101 Å². The van der Waals surface area contributed by atoms with E-state index in [0.29, 0.717) is 5.92 Å². The van der Waals surface area contributed by atoms with Gasteiger partial charge in [0.05, 0.1) is 35.0 Å². The minimum Gasteiger partial charge on any atom is -0.465 e. The van der Waals surface area contributed by atoms with Crippen LogP contribution >= 0.6 is 0 Å². The predicted octanol–water partition coefficient (Wildman–Crippen LogP) is 8.95. The number of nitrogens with zero attached hydrogens (tertiary/aromatic N) is 4. The van der Waals surface area contributed by atoms with Crippen LogP contribution in [0.2, 0.25) is 0 Å². The van der Waals surface area contributed by atoms with E-state index in [9.17, 15) is 14.7 Å². The molecule has 2 saturated heterocycles. The monoisotopic (exact) mass is 670 g/mol. The summed E-state index contributed by atoms with van der Waals surface area (Å²) >= 11 is 0. The first-order valence-electron chi connectivity index (χ1n) is 17.8. The molecule has 4 fully saturated rings. The lowest BCUT2D eigenvalue weighted by Gasteiger charge is -2.31. The van der Waals surface area contributed by atoms with E-state index in [2.05, 4.69) is 70.6 Å². The average molecular weight is 671 g/mol. The van der Waals surface area contributed by atoms with Crippen molar-refractivity contribution < 1.29 is 19.4 Å². The van der Waals surface area contributed by atoms with Gasteiger partial charge >= 0.3 is 12.2 Å². The molecule has 4 unspecified atom stereocenters.